The maximum absolute atomic E-state index is 8.95. The highest BCUT2D eigenvalue weighted by molar-refractivity contribution is 14.1. The van der Waals surface area contributed by atoms with Crippen molar-refractivity contribution in [2.75, 3.05) is 11.9 Å². The third kappa shape index (κ3) is 3.63. The van der Waals surface area contributed by atoms with E-state index < -0.39 is 0 Å². The molecule has 4 nitrogen and oxygen atoms in total. The van der Waals surface area contributed by atoms with Crippen LogP contribution in [0, 0.1) is 3.57 Å². The smallest absolute Gasteiger partial charge is 0.148 e. The number of hydrogen-bond donors (Lipinski definition) is 3. The fourth-order valence-electron chi connectivity index (χ4n) is 1.96. The van der Waals surface area contributed by atoms with E-state index in [0.717, 1.165) is 14.8 Å². The minimum Gasteiger partial charge on any atom is -0.409 e. The zero-order valence-corrected chi connectivity index (χ0v) is 13.0. The molecule has 2 aromatic rings. The molecule has 0 fully saturated rings. The van der Waals surface area contributed by atoms with E-state index in [9.17, 15) is 0 Å². The van der Waals surface area contributed by atoms with Gasteiger partial charge in [0, 0.05) is 15.8 Å². The lowest BCUT2D eigenvalue weighted by atomic mass is 9.98. The number of oxime groups is 1. The second kappa shape index (κ2) is 7.14. The Hall–Kier alpha value is -1.76. The summed E-state index contributed by atoms with van der Waals surface area (Å²) in [6.45, 7) is 0.569. The molecule has 0 aliphatic rings. The molecular weight excluding hydrogens is 365 g/mol. The van der Waals surface area contributed by atoms with Gasteiger partial charge in [-0.1, -0.05) is 47.6 Å². The Morgan fingerprint density at radius 3 is 2.45 bits per heavy atom. The molecule has 4 N–H and O–H groups in total. The first-order valence-electron chi connectivity index (χ1n) is 6.23. The second-order valence-electron chi connectivity index (χ2n) is 4.35. The summed E-state index contributed by atoms with van der Waals surface area (Å²) in [5.41, 5.74) is 7.87. The molecule has 0 bridgehead atoms. The summed E-state index contributed by atoms with van der Waals surface area (Å²) in [7, 11) is 0. The van der Waals surface area contributed by atoms with E-state index >= 15 is 0 Å². The molecular formula is C15H16IN3O. The van der Waals surface area contributed by atoms with Crippen molar-refractivity contribution in [2.45, 2.75) is 5.92 Å². The van der Waals surface area contributed by atoms with Crippen molar-refractivity contribution in [3.05, 3.63) is 63.7 Å². The minimum absolute atomic E-state index is 0.169. The molecule has 2 aromatic carbocycles. The maximum atomic E-state index is 8.95. The lowest BCUT2D eigenvalue weighted by Crippen LogP contribution is -2.28. The average Bonchev–Trinajstić information content (AvgIpc) is 2.50. The Labute approximate surface area is 131 Å². The number of halogens is 1. The van der Waals surface area contributed by atoms with Gasteiger partial charge < -0.3 is 16.3 Å². The van der Waals surface area contributed by atoms with E-state index in [-0.39, 0.29) is 11.8 Å². The van der Waals surface area contributed by atoms with Crippen LogP contribution in [-0.2, 0) is 0 Å². The number of rotatable bonds is 5. The lowest BCUT2D eigenvalue weighted by molar-refractivity contribution is 0.316. The molecule has 104 valence electrons. The molecule has 20 heavy (non-hydrogen) atoms. The van der Waals surface area contributed by atoms with Crippen molar-refractivity contribution < 1.29 is 5.21 Å². The number of nitrogens with zero attached hydrogens (tertiary/aromatic N) is 1. The van der Waals surface area contributed by atoms with Gasteiger partial charge in [0.2, 0.25) is 0 Å². The van der Waals surface area contributed by atoms with Crippen LogP contribution in [0.1, 0.15) is 11.5 Å². The number of hydrogen-bond acceptors (Lipinski definition) is 3. The number of nitrogens with two attached hydrogens (primary N) is 1. The number of benzene rings is 2. The Morgan fingerprint density at radius 1 is 1.15 bits per heavy atom. The Kier molecular flexibility index (Phi) is 5.23. The number of para-hydroxylation sites is 1. The largest absolute Gasteiger partial charge is 0.409 e. The van der Waals surface area contributed by atoms with E-state index in [2.05, 4.69) is 33.1 Å². The normalized spacial score (nSPS) is 12.9. The van der Waals surface area contributed by atoms with E-state index in [1.54, 1.807) is 0 Å². The quantitative estimate of drug-likeness (QED) is 0.245. The summed E-state index contributed by atoms with van der Waals surface area (Å²) < 4.78 is 1.14. The monoisotopic (exact) mass is 381 g/mol. The predicted octanol–water partition coefficient (Wildman–Crippen LogP) is 3.23. The van der Waals surface area contributed by atoms with Gasteiger partial charge in [0.05, 0.1) is 5.92 Å². The van der Waals surface area contributed by atoms with Crippen molar-refractivity contribution in [2.24, 2.45) is 10.9 Å². The molecule has 0 spiro atoms. The zero-order chi connectivity index (χ0) is 14.4. The molecule has 0 aliphatic heterocycles. The predicted molar refractivity (Wildman–Crippen MR) is 90.2 cm³/mol. The first-order chi connectivity index (χ1) is 9.72. The van der Waals surface area contributed by atoms with Crippen molar-refractivity contribution in [3.8, 4) is 0 Å². The number of anilines is 1. The summed E-state index contributed by atoms with van der Waals surface area (Å²) >= 11 is 2.28. The molecule has 0 radical (unpaired) electrons. The average molecular weight is 381 g/mol. The Morgan fingerprint density at radius 2 is 1.80 bits per heavy atom. The van der Waals surface area contributed by atoms with Gasteiger partial charge in [0.15, 0.2) is 0 Å². The molecule has 0 aliphatic carbocycles. The van der Waals surface area contributed by atoms with Crippen LogP contribution in [0.2, 0.25) is 0 Å². The van der Waals surface area contributed by atoms with Crippen LogP contribution in [0.5, 0.6) is 0 Å². The minimum atomic E-state index is -0.169. The van der Waals surface area contributed by atoms with Crippen LogP contribution in [0.3, 0.4) is 0 Å². The van der Waals surface area contributed by atoms with Crippen molar-refractivity contribution in [1.29, 1.82) is 0 Å². The van der Waals surface area contributed by atoms with Crippen LogP contribution >= 0.6 is 22.6 Å². The molecule has 0 aromatic heterocycles. The van der Waals surface area contributed by atoms with Gasteiger partial charge in [0.1, 0.15) is 5.84 Å². The standard InChI is InChI=1S/C15H16IN3O/c16-13-8-4-5-9-14(13)18-10-12(15(17)19-20)11-6-2-1-3-7-11/h1-9,12,18,20H,10H2,(H2,17,19). The van der Waals surface area contributed by atoms with Gasteiger partial charge in [-0.05, 0) is 40.3 Å². The number of nitrogens with one attached hydrogen (secondary N) is 1. The molecule has 0 amide bonds. The van der Waals surface area contributed by atoms with Gasteiger partial charge in [-0.15, -0.1) is 0 Å². The van der Waals surface area contributed by atoms with Crippen molar-refractivity contribution in [1.82, 2.24) is 0 Å². The summed E-state index contributed by atoms with van der Waals surface area (Å²) in [5.74, 6) is 0.0341. The van der Waals surface area contributed by atoms with Crippen molar-refractivity contribution >= 4 is 34.1 Å². The zero-order valence-electron chi connectivity index (χ0n) is 10.8. The Bertz CT molecular complexity index is 587. The van der Waals surface area contributed by atoms with E-state index in [0.29, 0.717) is 6.54 Å². The molecule has 0 saturated heterocycles. The molecule has 0 heterocycles. The van der Waals surface area contributed by atoms with Gasteiger partial charge >= 0.3 is 0 Å². The highest BCUT2D eigenvalue weighted by Crippen LogP contribution is 2.20. The van der Waals surface area contributed by atoms with Crippen molar-refractivity contribution in [3.63, 3.8) is 0 Å². The Balaban J connectivity index is 2.16. The van der Waals surface area contributed by atoms with Gasteiger partial charge in [-0.2, -0.15) is 0 Å². The summed E-state index contributed by atoms with van der Waals surface area (Å²) in [4.78, 5) is 0. The van der Waals surface area contributed by atoms with Gasteiger partial charge in [-0.3, -0.25) is 0 Å². The summed E-state index contributed by atoms with van der Waals surface area (Å²) in [6, 6.07) is 17.8. The summed E-state index contributed by atoms with van der Waals surface area (Å²) in [5, 5.41) is 15.5. The van der Waals surface area contributed by atoms with Gasteiger partial charge in [0.25, 0.3) is 0 Å². The topological polar surface area (TPSA) is 70.6 Å². The first-order valence-corrected chi connectivity index (χ1v) is 7.31. The molecule has 1 atom stereocenters. The van der Waals surface area contributed by atoms with Crippen LogP contribution in [0.15, 0.2) is 59.8 Å². The third-order valence-corrected chi connectivity index (χ3v) is 3.99. The highest BCUT2D eigenvalue weighted by atomic mass is 127. The van der Waals surface area contributed by atoms with E-state index in [1.807, 2.05) is 54.6 Å². The second-order valence-corrected chi connectivity index (χ2v) is 5.51. The van der Waals surface area contributed by atoms with Crippen LogP contribution in [0.25, 0.3) is 0 Å². The van der Waals surface area contributed by atoms with E-state index in [4.69, 9.17) is 10.9 Å². The molecule has 2 rings (SSSR count). The van der Waals surface area contributed by atoms with Crippen LogP contribution in [0.4, 0.5) is 5.69 Å². The molecule has 1 unspecified atom stereocenters. The molecule has 0 saturated carbocycles. The maximum Gasteiger partial charge on any atom is 0.148 e. The fourth-order valence-corrected chi connectivity index (χ4v) is 2.54. The highest BCUT2D eigenvalue weighted by Gasteiger charge is 2.16. The number of amidine groups is 1. The van der Waals surface area contributed by atoms with Gasteiger partial charge in [-0.25, -0.2) is 0 Å². The summed E-state index contributed by atoms with van der Waals surface area (Å²) in [6.07, 6.45) is 0. The lowest BCUT2D eigenvalue weighted by Gasteiger charge is -2.18. The van der Waals surface area contributed by atoms with Crippen LogP contribution in [-0.4, -0.2) is 17.6 Å². The third-order valence-electron chi connectivity index (χ3n) is 3.04. The fraction of sp³-hybridized carbons (Fsp3) is 0.133. The molecule has 5 heteroatoms. The first kappa shape index (κ1) is 14.6. The SMILES string of the molecule is NC(=NO)C(CNc1ccccc1I)c1ccccc1. The van der Waals surface area contributed by atoms with Crippen LogP contribution < -0.4 is 11.1 Å². The van der Waals surface area contributed by atoms with E-state index in [1.165, 1.54) is 0 Å².